The van der Waals surface area contributed by atoms with Gasteiger partial charge >= 0.3 is 12.2 Å². The number of amides is 1. The molecule has 10 nitrogen and oxygen atoms in total. The molecule has 0 aliphatic rings. The molecule has 1 N–H and O–H groups in total. The van der Waals surface area contributed by atoms with Crippen LogP contribution < -0.4 is 5.32 Å². The maximum Gasteiger partial charge on any atom is 0.418 e. The predicted molar refractivity (Wildman–Crippen MR) is 88.2 cm³/mol. The van der Waals surface area contributed by atoms with Gasteiger partial charge in [-0.1, -0.05) is 5.16 Å². The summed E-state index contributed by atoms with van der Waals surface area (Å²) in [5.41, 5.74) is 1.33. The highest BCUT2D eigenvalue weighted by molar-refractivity contribution is 6.17. The first-order valence-corrected chi connectivity index (χ1v) is 7.38. The predicted octanol–water partition coefficient (Wildman–Crippen LogP) is 2.36. The van der Waals surface area contributed by atoms with Gasteiger partial charge in [0, 0.05) is 17.3 Å². The molecule has 2 aromatic heterocycles. The number of hydrogen-bond donors (Lipinski definition) is 1. The highest BCUT2D eigenvalue weighted by Crippen LogP contribution is 2.27. The number of ketones is 1. The Morgan fingerprint density at radius 3 is 2.54 bits per heavy atom. The van der Waals surface area contributed by atoms with Crippen LogP contribution in [0.25, 0.3) is 10.9 Å². The molecule has 0 radical (unpaired) electrons. The van der Waals surface area contributed by atoms with Crippen molar-refractivity contribution in [3.8, 4) is 0 Å². The summed E-state index contributed by atoms with van der Waals surface area (Å²) in [6, 6.07) is 4.68. The van der Waals surface area contributed by atoms with Crippen LogP contribution >= 0.6 is 0 Å². The Morgan fingerprint density at radius 1 is 1.15 bits per heavy atom. The van der Waals surface area contributed by atoms with Crippen molar-refractivity contribution in [1.29, 1.82) is 0 Å². The van der Waals surface area contributed by atoms with E-state index < -0.39 is 18.0 Å². The molecule has 26 heavy (non-hydrogen) atoms. The number of hydrogen-bond acceptors (Lipinski definition) is 8. The minimum Gasteiger partial charge on any atom is -0.453 e. The van der Waals surface area contributed by atoms with Crippen LogP contribution in [0.1, 0.15) is 21.7 Å². The zero-order valence-corrected chi connectivity index (χ0v) is 14.1. The van der Waals surface area contributed by atoms with Crippen molar-refractivity contribution < 1.29 is 28.5 Å². The first-order chi connectivity index (χ1) is 12.5. The molecule has 10 heteroatoms. The Balaban J connectivity index is 2.18. The van der Waals surface area contributed by atoms with Crippen LogP contribution in [-0.4, -0.2) is 47.1 Å². The number of fused-ring (bicyclic) bond motifs is 1. The van der Waals surface area contributed by atoms with E-state index in [2.05, 4.69) is 25.0 Å². The van der Waals surface area contributed by atoms with Gasteiger partial charge < -0.3 is 9.47 Å². The molecule has 2 heterocycles. The van der Waals surface area contributed by atoms with Crippen LogP contribution in [0.3, 0.4) is 0 Å². The average Bonchev–Trinajstić information content (AvgIpc) is 3.23. The van der Waals surface area contributed by atoms with Gasteiger partial charge in [-0.2, -0.15) is 0 Å². The number of methoxy groups -OCH3 is 2. The first-order valence-electron chi connectivity index (χ1n) is 7.38. The fourth-order valence-electron chi connectivity index (χ4n) is 2.47. The summed E-state index contributed by atoms with van der Waals surface area (Å²) in [6.07, 6.45) is 0.00779. The standard InChI is InChI=1S/C16H14N4O6/c1-8-13(19-26-18-8)14(21)11-7-20(16(23)25-3)12-5-4-9(6-10(11)12)17-15(22)24-2/h4-7H,1-3H3,(H,17,22). The summed E-state index contributed by atoms with van der Waals surface area (Å²) in [4.78, 5) is 36.3. The second-order valence-corrected chi connectivity index (χ2v) is 5.26. The van der Waals surface area contributed by atoms with Gasteiger partial charge in [-0.05, 0) is 30.3 Å². The summed E-state index contributed by atoms with van der Waals surface area (Å²) >= 11 is 0. The Morgan fingerprint density at radius 2 is 1.92 bits per heavy atom. The molecule has 3 rings (SSSR count). The SMILES string of the molecule is COC(=O)Nc1ccc2c(c1)c(C(=O)c1nonc1C)cn2C(=O)OC. The van der Waals surface area contributed by atoms with Gasteiger partial charge in [0.1, 0.15) is 5.69 Å². The number of ether oxygens (including phenoxy) is 2. The molecule has 0 saturated heterocycles. The van der Waals surface area contributed by atoms with Gasteiger partial charge in [-0.3, -0.25) is 14.7 Å². The zero-order chi connectivity index (χ0) is 18.8. The van der Waals surface area contributed by atoms with Crippen LogP contribution in [0.2, 0.25) is 0 Å². The third-order valence-electron chi connectivity index (χ3n) is 3.72. The zero-order valence-electron chi connectivity index (χ0n) is 14.1. The van der Waals surface area contributed by atoms with E-state index in [0.717, 1.165) is 0 Å². The van der Waals surface area contributed by atoms with Crippen molar-refractivity contribution in [2.24, 2.45) is 0 Å². The maximum atomic E-state index is 12.8. The summed E-state index contributed by atoms with van der Waals surface area (Å²) < 4.78 is 15.1. The molecule has 0 spiro atoms. The molecule has 0 fully saturated rings. The number of aryl methyl sites for hydroxylation is 1. The molecule has 0 aliphatic carbocycles. The van der Waals surface area contributed by atoms with E-state index in [1.165, 1.54) is 25.0 Å². The van der Waals surface area contributed by atoms with E-state index in [1.807, 2.05) is 0 Å². The smallest absolute Gasteiger partial charge is 0.418 e. The normalized spacial score (nSPS) is 10.6. The number of benzene rings is 1. The number of rotatable bonds is 3. The van der Waals surface area contributed by atoms with Gasteiger partial charge in [0.15, 0.2) is 5.69 Å². The van der Waals surface area contributed by atoms with Crippen LogP contribution in [-0.2, 0) is 9.47 Å². The molecule has 0 saturated carbocycles. The Labute approximate surface area is 146 Å². The van der Waals surface area contributed by atoms with Crippen molar-refractivity contribution >= 4 is 34.6 Å². The minimum absolute atomic E-state index is 0.0280. The summed E-state index contributed by atoms with van der Waals surface area (Å²) in [5.74, 6) is -0.480. The molecule has 1 aromatic carbocycles. The van der Waals surface area contributed by atoms with Gasteiger partial charge in [0.05, 0.1) is 25.3 Å². The molecule has 1 amide bonds. The lowest BCUT2D eigenvalue weighted by Gasteiger charge is -2.05. The highest BCUT2D eigenvalue weighted by Gasteiger charge is 2.24. The number of nitrogens with zero attached hydrogens (tertiary/aromatic N) is 3. The minimum atomic E-state index is -0.669. The van der Waals surface area contributed by atoms with E-state index in [0.29, 0.717) is 22.3 Å². The summed E-state index contributed by atoms with van der Waals surface area (Å²) in [5, 5.41) is 10.1. The number of carbonyl (C=O) groups is 3. The molecule has 0 aliphatic heterocycles. The fourth-order valence-corrected chi connectivity index (χ4v) is 2.47. The van der Waals surface area contributed by atoms with Crippen molar-refractivity contribution in [1.82, 2.24) is 14.9 Å². The lowest BCUT2D eigenvalue weighted by Crippen LogP contribution is -2.11. The molecular weight excluding hydrogens is 344 g/mol. The van der Waals surface area contributed by atoms with Gasteiger partial charge in [-0.25, -0.2) is 14.2 Å². The average molecular weight is 358 g/mol. The van der Waals surface area contributed by atoms with Crippen molar-refractivity contribution in [3.05, 3.63) is 41.3 Å². The van der Waals surface area contributed by atoms with Crippen LogP contribution in [0, 0.1) is 6.92 Å². The monoisotopic (exact) mass is 358 g/mol. The van der Waals surface area contributed by atoms with Crippen molar-refractivity contribution in [3.63, 3.8) is 0 Å². The number of aromatic nitrogens is 3. The van der Waals surface area contributed by atoms with E-state index in [4.69, 9.17) is 4.74 Å². The third-order valence-corrected chi connectivity index (χ3v) is 3.72. The molecule has 134 valence electrons. The lowest BCUT2D eigenvalue weighted by molar-refractivity contribution is 0.103. The van der Waals surface area contributed by atoms with E-state index in [9.17, 15) is 14.4 Å². The quantitative estimate of drug-likeness (QED) is 0.707. The molecular formula is C16H14N4O6. The van der Waals surface area contributed by atoms with Gasteiger partial charge in [0.2, 0.25) is 5.78 Å². The fraction of sp³-hybridized carbons (Fsp3) is 0.188. The second kappa shape index (κ2) is 6.67. The molecule has 3 aromatic rings. The van der Waals surface area contributed by atoms with Gasteiger partial charge in [0.25, 0.3) is 0 Å². The Bertz CT molecular complexity index is 1020. The van der Waals surface area contributed by atoms with E-state index in [-0.39, 0.29) is 11.3 Å². The summed E-state index contributed by atoms with van der Waals surface area (Å²) in [6.45, 7) is 1.58. The number of nitrogens with one attached hydrogen (secondary N) is 1. The van der Waals surface area contributed by atoms with Gasteiger partial charge in [-0.15, -0.1) is 0 Å². The van der Waals surface area contributed by atoms with Crippen molar-refractivity contribution in [2.45, 2.75) is 6.92 Å². The first kappa shape index (κ1) is 17.1. The highest BCUT2D eigenvalue weighted by atomic mass is 16.6. The Hall–Kier alpha value is -3.69. The van der Waals surface area contributed by atoms with Crippen LogP contribution in [0.15, 0.2) is 29.0 Å². The number of anilines is 1. The van der Waals surface area contributed by atoms with Crippen LogP contribution in [0.4, 0.5) is 15.3 Å². The van der Waals surface area contributed by atoms with Crippen molar-refractivity contribution in [2.75, 3.05) is 19.5 Å². The molecule has 0 bridgehead atoms. The van der Waals surface area contributed by atoms with E-state index >= 15 is 0 Å². The molecule has 0 unspecified atom stereocenters. The summed E-state index contributed by atoms with van der Waals surface area (Å²) in [7, 11) is 2.46. The van der Waals surface area contributed by atoms with Crippen LogP contribution in [0.5, 0.6) is 0 Å². The lowest BCUT2D eigenvalue weighted by atomic mass is 10.1. The largest absolute Gasteiger partial charge is 0.453 e. The number of carbonyl (C=O) groups excluding carboxylic acids is 3. The Kier molecular flexibility index (Phi) is 4.40. The topological polar surface area (TPSA) is 126 Å². The second-order valence-electron chi connectivity index (χ2n) is 5.26. The van der Waals surface area contributed by atoms with E-state index in [1.54, 1.807) is 25.1 Å². The maximum absolute atomic E-state index is 12.8. The third kappa shape index (κ3) is 2.88. The molecule has 0 atom stereocenters.